The maximum absolute atomic E-state index is 4.96. The SMILES string of the molecule is COCc1ccnn1COC. The lowest BCUT2D eigenvalue weighted by Gasteiger charge is -2.03. The molecule has 4 nitrogen and oxygen atoms in total. The van der Waals surface area contributed by atoms with Crippen LogP contribution in [0.1, 0.15) is 5.69 Å². The zero-order valence-corrected chi connectivity index (χ0v) is 6.78. The normalized spacial score (nSPS) is 10.4. The number of methoxy groups -OCH3 is 2. The van der Waals surface area contributed by atoms with Crippen molar-refractivity contribution < 1.29 is 9.47 Å². The van der Waals surface area contributed by atoms with Crippen LogP contribution in [-0.2, 0) is 22.8 Å². The molecule has 0 bridgehead atoms. The minimum atomic E-state index is 0.478. The number of aromatic nitrogens is 2. The fraction of sp³-hybridized carbons (Fsp3) is 0.571. The van der Waals surface area contributed by atoms with Crippen molar-refractivity contribution in [3.63, 3.8) is 0 Å². The Labute approximate surface area is 65.7 Å². The molecule has 0 N–H and O–H groups in total. The number of ether oxygens (including phenoxy) is 2. The van der Waals surface area contributed by atoms with Crippen molar-refractivity contribution in [1.29, 1.82) is 0 Å². The van der Waals surface area contributed by atoms with Crippen LogP contribution in [0.15, 0.2) is 12.3 Å². The Hall–Kier alpha value is -0.870. The molecule has 0 aliphatic heterocycles. The predicted octanol–water partition coefficient (Wildman–Crippen LogP) is 0.633. The molecule has 0 saturated heterocycles. The van der Waals surface area contributed by atoms with Crippen LogP contribution < -0.4 is 0 Å². The van der Waals surface area contributed by atoms with Crippen LogP contribution in [0.2, 0.25) is 0 Å². The first-order valence-electron chi connectivity index (χ1n) is 3.37. The quantitative estimate of drug-likeness (QED) is 0.641. The minimum Gasteiger partial charge on any atom is -0.378 e. The summed E-state index contributed by atoms with van der Waals surface area (Å²) in [4.78, 5) is 0. The summed E-state index contributed by atoms with van der Waals surface area (Å²) >= 11 is 0. The third-order valence-electron chi connectivity index (χ3n) is 1.35. The Morgan fingerprint density at radius 3 is 2.91 bits per heavy atom. The molecule has 0 radical (unpaired) electrons. The average molecular weight is 156 g/mol. The monoisotopic (exact) mass is 156 g/mol. The highest BCUT2D eigenvalue weighted by molar-refractivity contribution is 4.97. The van der Waals surface area contributed by atoms with Gasteiger partial charge in [-0.25, -0.2) is 4.68 Å². The highest BCUT2D eigenvalue weighted by atomic mass is 16.5. The van der Waals surface area contributed by atoms with Gasteiger partial charge in [-0.05, 0) is 6.07 Å². The summed E-state index contributed by atoms with van der Waals surface area (Å²) in [5.74, 6) is 0. The zero-order chi connectivity index (χ0) is 8.10. The molecular formula is C7H12N2O2. The third kappa shape index (κ3) is 2.03. The van der Waals surface area contributed by atoms with E-state index in [1.54, 1.807) is 25.1 Å². The van der Waals surface area contributed by atoms with Gasteiger partial charge in [0.25, 0.3) is 0 Å². The molecule has 0 unspecified atom stereocenters. The van der Waals surface area contributed by atoms with E-state index in [9.17, 15) is 0 Å². The lowest BCUT2D eigenvalue weighted by molar-refractivity contribution is 0.106. The Bertz CT molecular complexity index is 189. The van der Waals surface area contributed by atoms with Crippen molar-refractivity contribution in [3.05, 3.63) is 18.0 Å². The zero-order valence-electron chi connectivity index (χ0n) is 6.78. The van der Waals surface area contributed by atoms with Gasteiger partial charge in [-0.3, -0.25) is 0 Å². The summed E-state index contributed by atoms with van der Waals surface area (Å²) < 4.78 is 11.6. The minimum absolute atomic E-state index is 0.478. The van der Waals surface area contributed by atoms with E-state index < -0.39 is 0 Å². The van der Waals surface area contributed by atoms with Gasteiger partial charge in [-0.1, -0.05) is 0 Å². The molecule has 1 aromatic heterocycles. The molecular weight excluding hydrogens is 144 g/mol. The summed E-state index contributed by atoms with van der Waals surface area (Å²) in [6.07, 6.45) is 1.73. The Morgan fingerprint density at radius 2 is 2.27 bits per heavy atom. The van der Waals surface area contributed by atoms with Crippen LogP contribution in [0.3, 0.4) is 0 Å². The van der Waals surface area contributed by atoms with Crippen molar-refractivity contribution in [1.82, 2.24) is 9.78 Å². The fourth-order valence-corrected chi connectivity index (χ4v) is 0.869. The molecule has 11 heavy (non-hydrogen) atoms. The van der Waals surface area contributed by atoms with Gasteiger partial charge >= 0.3 is 0 Å². The molecule has 0 aliphatic carbocycles. The summed E-state index contributed by atoms with van der Waals surface area (Å²) in [5, 5.41) is 4.04. The Kier molecular flexibility index (Phi) is 3.07. The number of hydrogen-bond acceptors (Lipinski definition) is 3. The van der Waals surface area contributed by atoms with Crippen LogP contribution in [0.5, 0.6) is 0 Å². The van der Waals surface area contributed by atoms with Gasteiger partial charge in [0, 0.05) is 20.4 Å². The first-order valence-corrected chi connectivity index (χ1v) is 3.37. The van der Waals surface area contributed by atoms with Gasteiger partial charge in [0.15, 0.2) is 0 Å². The molecule has 62 valence electrons. The maximum Gasteiger partial charge on any atom is 0.139 e. The molecule has 4 heteroatoms. The van der Waals surface area contributed by atoms with Gasteiger partial charge in [-0.15, -0.1) is 0 Å². The van der Waals surface area contributed by atoms with E-state index >= 15 is 0 Å². The number of nitrogens with zero attached hydrogens (tertiary/aromatic N) is 2. The lowest BCUT2D eigenvalue weighted by Crippen LogP contribution is -2.06. The van der Waals surface area contributed by atoms with Gasteiger partial charge in [-0.2, -0.15) is 5.10 Å². The van der Waals surface area contributed by atoms with Crippen molar-refractivity contribution in [2.24, 2.45) is 0 Å². The summed E-state index contributed by atoms with van der Waals surface area (Å²) in [6.45, 7) is 1.05. The van der Waals surface area contributed by atoms with Crippen molar-refractivity contribution in [2.75, 3.05) is 14.2 Å². The van der Waals surface area contributed by atoms with Crippen molar-refractivity contribution in [3.8, 4) is 0 Å². The molecule has 1 heterocycles. The van der Waals surface area contributed by atoms with Gasteiger partial charge in [0.1, 0.15) is 6.73 Å². The molecule has 0 fully saturated rings. The maximum atomic E-state index is 4.96. The van der Waals surface area contributed by atoms with E-state index in [1.807, 2.05) is 6.07 Å². The molecule has 0 aliphatic rings. The van der Waals surface area contributed by atoms with Crippen LogP contribution in [0, 0.1) is 0 Å². The second-order valence-corrected chi connectivity index (χ2v) is 2.17. The van der Waals surface area contributed by atoms with Crippen LogP contribution in [0.4, 0.5) is 0 Å². The summed E-state index contributed by atoms with van der Waals surface area (Å²) in [7, 11) is 3.29. The van der Waals surface area contributed by atoms with E-state index in [0.29, 0.717) is 13.3 Å². The number of rotatable bonds is 4. The highest BCUT2D eigenvalue weighted by Crippen LogP contribution is 1.99. The standard InChI is InChI=1S/C7H12N2O2/c1-10-5-7-3-4-8-9(7)6-11-2/h3-4H,5-6H2,1-2H3. The van der Waals surface area contributed by atoms with Gasteiger partial charge < -0.3 is 9.47 Å². The molecule has 0 atom stereocenters. The topological polar surface area (TPSA) is 36.3 Å². The van der Waals surface area contributed by atoms with E-state index in [0.717, 1.165) is 5.69 Å². The molecule has 0 amide bonds. The van der Waals surface area contributed by atoms with Gasteiger partial charge in [0.2, 0.25) is 0 Å². The largest absolute Gasteiger partial charge is 0.378 e. The van der Waals surface area contributed by atoms with Crippen molar-refractivity contribution >= 4 is 0 Å². The smallest absolute Gasteiger partial charge is 0.139 e. The average Bonchev–Trinajstić information content (AvgIpc) is 2.39. The predicted molar refractivity (Wildman–Crippen MR) is 39.9 cm³/mol. The third-order valence-corrected chi connectivity index (χ3v) is 1.35. The molecule has 0 spiro atoms. The first kappa shape index (κ1) is 8.23. The first-order chi connectivity index (χ1) is 5.38. The molecule has 1 aromatic rings. The molecule has 1 rings (SSSR count). The van der Waals surface area contributed by atoms with Crippen LogP contribution in [0.25, 0.3) is 0 Å². The second kappa shape index (κ2) is 4.10. The summed E-state index contributed by atoms with van der Waals surface area (Å²) in [6, 6.07) is 1.91. The van der Waals surface area contributed by atoms with Crippen LogP contribution >= 0.6 is 0 Å². The lowest BCUT2D eigenvalue weighted by atomic mass is 10.5. The molecule has 0 saturated carbocycles. The molecule has 0 aromatic carbocycles. The van der Waals surface area contributed by atoms with E-state index in [1.165, 1.54) is 0 Å². The van der Waals surface area contributed by atoms with E-state index in [2.05, 4.69) is 5.10 Å². The van der Waals surface area contributed by atoms with Gasteiger partial charge in [0.05, 0.1) is 12.3 Å². The number of hydrogen-bond donors (Lipinski definition) is 0. The Balaban J connectivity index is 2.62. The Morgan fingerprint density at radius 1 is 1.45 bits per heavy atom. The van der Waals surface area contributed by atoms with Crippen LogP contribution in [-0.4, -0.2) is 24.0 Å². The van der Waals surface area contributed by atoms with E-state index in [-0.39, 0.29) is 0 Å². The fourth-order valence-electron chi connectivity index (χ4n) is 0.869. The van der Waals surface area contributed by atoms with Crippen molar-refractivity contribution in [2.45, 2.75) is 13.3 Å². The second-order valence-electron chi connectivity index (χ2n) is 2.17. The summed E-state index contributed by atoms with van der Waals surface area (Å²) in [5.41, 5.74) is 1.02. The van der Waals surface area contributed by atoms with E-state index in [4.69, 9.17) is 9.47 Å². The highest BCUT2D eigenvalue weighted by Gasteiger charge is 1.99.